The van der Waals surface area contributed by atoms with Crippen molar-refractivity contribution in [2.24, 2.45) is 0 Å². The number of nitrogens with zero attached hydrogens (tertiary/aromatic N) is 2. The molecule has 5 nitrogen and oxygen atoms in total. The summed E-state index contributed by atoms with van der Waals surface area (Å²) in [6, 6.07) is 14.2. The molecule has 0 aliphatic carbocycles. The first kappa shape index (κ1) is 18.6. The van der Waals surface area contributed by atoms with Crippen LogP contribution in [0, 0.1) is 11.6 Å². The van der Waals surface area contributed by atoms with E-state index in [0.717, 1.165) is 24.1 Å². The molecule has 1 unspecified atom stereocenters. The van der Waals surface area contributed by atoms with Gasteiger partial charge in [0.05, 0.1) is 6.04 Å². The molecule has 1 atom stereocenters. The molecule has 0 radical (unpaired) electrons. The summed E-state index contributed by atoms with van der Waals surface area (Å²) in [5, 5.41) is 7.08. The van der Waals surface area contributed by atoms with E-state index >= 15 is 0 Å². The van der Waals surface area contributed by atoms with Gasteiger partial charge in [0, 0.05) is 12.3 Å². The SMILES string of the molecule is CCC(NC(=O)c1ccn(COc2ccc(F)cc2F)n1)c1ccccc1. The molecule has 3 rings (SSSR count). The van der Waals surface area contributed by atoms with Crippen molar-refractivity contribution in [2.75, 3.05) is 0 Å². The Morgan fingerprint density at radius 3 is 2.67 bits per heavy atom. The van der Waals surface area contributed by atoms with E-state index in [9.17, 15) is 13.6 Å². The summed E-state index contributed by atoms with van der Waals surface area (Å²) < 4.78 is 33.1. The summed E-state index contributed by atoms with van der Waals surface area (Å²) in [5.41, 5.74) is 1.25. The molecular formula is C20H19F2N3O2. The van der Waals surface area contributed by atoms with E-state index in [-0.39, 0.29) is 30.1 Å². The van der Waals surface area contributed by atoms with Gasteiger partial charge in [0.25, 0.3) is 5.91 Å². The number of rotatable bonds is 7. The predicted octanol–water partition coefficient (Wildman–Crippen LogP) is 4.08. The molecule has 0 fully saturated rings. The van der Waals surface area contributed by atoms with Crippen molar-refractivity contribution in [1.82, 2.24) is 15.1 Å². The van der Waals surface area contributed by atoms with Crippen LogP contribution in [0.4, 0.5) is 8.78 Å². The Bertz CT molecular complexity index is 913. The van der Waals surface area contributed by atoms with Crippen LogP contribution < -0.4 is 10.1 Å². The maximum absolute atomic E-state index is 13.6. The fourth-order valence-corrected chi connectivity index (χ4v) is 2.62. The zero-order valence-electron chi connectivity index (χ0n) is 14.7. The second-order valence-corrected chi connectivity index (χ2v) is 5.93. The molecule has 2 aromatic carbocycles. The van der Waals surface area contributed by atoms with Crippen LogP contribution in [0.1, 0.15) is 35.4 Å². The van der Waals surface area contributed by atoms with Gasteiger partial charge in [-0.05, 0) is 30.2 Å². The van der Waals surface area contributed by atoms with Crippen LogP contribution in [0.2, 0.25) is 0 Å². The monoisotopic (exact) mass is 371 g/mol. The quantitative estimate of drug-likeness (QED) is 0.681. The Balaban J connectivity index is 1.61. The Labute approximate surface area is 155 Å². The molecule has 0 bridgehead atoms. The van der Waals surface area contributed by atoms with Crippen LogP contribution in [0.5, 0.6) is 5.75 Å². The average molecular weight is 371 g/mol. The minimum Gasteiger partial charge on any atom is -0.468 e. The Morgan fingerprint density at radius 1 is 1.19 bits per heavy atom. The number of amides is 1. The van der Waals surface area contributed by atoms with Gasteiger partial charge < -0.3 is 10.1 Å². The summed E-state index contributed by atoms with van der Waals surface area (Å²) in [6.07, 6.45) is 2.29. The standard InChI is InChI=1S/C20H19F2N3O2/c1-2-17(14-6-4-3-5-7-14)23-20(26)18-10-11-25(24-18)13-27-19-9-8-15(21)12-16(19)22/h3-12,17H,2,13H2,1H3,(H,23,26). The fraction of sp³-hybridized carbons (Fsp3) is 0.200. The third-order valence-corrected chi connectivity index (χ3v) is 4.04. The topological polar surface area (TPSA) is 56.2 Å². The van der Waals surface area contributed by atoms with E-state index in [0.29, 0.717) is 0 Å². The summed E-state index contributed by atoms with van der Waals surface area (Å²) in [7, 11) is 0. The number of benzene rings is 2. The van der Waals surface area contributed by atoms with Crippen LogP contribution in [0.15, 0.2) is 60.8 Å². The molecule has 1 heterocycles. The summed E-state index contributed by atoms with van der Waals surface area (Å²) in [4.78, 5) is 12.4. The molecule has 0 spiro atoms. The van der Waals surface area contributed by atoms with Crippen molar-refractivity contribution in [3.05, 3.63) is 83.7 Å². The number of hydrogen-bond acceptors (Lipinski definition) is 3. The van der Waals surface area contributed by atoms with Crippen LogP contribution in [-0.2, 0) is 6.73 Å². The molecule has 0 saturated heterocycles. The molecule has 27 heavy (non-hydrogen) atoms. The number of nitrogens with one attached hydrogen (secondary N) is 1. The van der Waals surface area contributed by atoms with Gasteiger partial charge in [0.2, 0.25) is 0 Å². The van der Waals surface area contributed by atoms with Gasteiger partial charge in [-0.25, -0.2) is 13.5 Å². The smallest absolute Gasteiger partial charge is 0.272 e. The molecule has 1 amide bonds. The highest BCUT2D eigenvalue weighted by Crippen LogP contribution is 2.18. The van der Waals surface area contributed by atoms with Crippen molar-refractivity contribution < 1.29 is 18.3 Å². The number of aromatic nitrogens is 2. The van der Waals surface area contributed by atoms with Crippen LogP contribution >= 0.6 is 0 Å². The van der Waals surface area contributed by atoms with E-state index in [4.69, 9.17) is 4.74 Å². The van der Waals surface area contributed by atoms with Gasteiger partial charge >= 0.3 is 0 Å². The van der Waals surface area contributed by atoms with Crippen molar-refractivity contribution >= 4 is 5.91 Å². The number of hydrogen-bond donors (Lipinski definition) is 1. The van der Waals surface area contributed by atoms with Gasteiger partial charge in [-0.2, -0.15) is 5.10 Å². The maximum atomic E-state index is 13.6. The Kier molecular flexibility index (Phi) is 5.80. The van der Waals surface area contributed by atoms with Crippen molar-refractivity contribution in [3.63, 3.8) is 0 Å². The normalized spacial score (nSPS) is 11.8. The van der Waals surface area contributed by atoms with Crippen LogP contribution in [0.3, 0.4) is 0 Å². The molecular weight excluding hydrogens is 352 g/mol. The number of ether oxygens (including phenoxy) is 1. The lowest BCUT2D eigenvalue weighted by molar-refractivity contribution is 0.0928. The van der Waals surface area contributed by atoms with Gasteiger partial charge in [-0.15, -0.1) is 0 Å². The molecule has 140 valence electrons. The highest BCUT2D eigenvalue weighted by Gasteiger charge is 2.16. The van der Waals surface area contributed by atoms with Crippen molar-refractivity contribution in [3.8, 4) is 5.75 Å². The molecule has 0 aliphatic heterocycles. The first-order valence-electron chi connectivity index (χ1n) is 8.54. The van der Waals surface area contributed by atoms with Crippen molar-refractivity contribution in [1.29, 1.82) is 0 Å². The fourth-order valence-electron chi connectivity index (χ4n) is 2.62. The van der Waals surface area contributed by atoms with E-state index in [1.807, 2.05) is 37.3 Å². The van der Waals surface area contributed by atoms with E-state index < -0.39 is 11.6 Å². The highest BCUT2D eigenvalue weighted by molar-refractivity contribution is 5.92. The van der Waals surface area contributed by atoms with Gasteiger partial charge in [0.15, 0.2) is 18.3 Å². The average Bonchev–Trinajstić information content (AvgIpc) is 3.15. The number of carbonyl (C=O) groups is 1. The summed E-state index contributed by atoms with van der Waals surface area (Å²) >= 11 is 0. The third kappa shape index (κ3) is 4.69. The summed E-state index contributed by atoms with van der Waals surface area (Å²) in [5.74, 6) is -1.87. The van der Waals surface area contributed by atoms with Crippen LogP contribution in [0.25, 0.3) is 0 Å². The molecule has 1 N–H and O–H groups in total. The Hall–Kier alpha value is -3.22. The largest absolute Gasteiger partial charge is 0.468 e. The summed E-state index contributed by atoms with van der Waals surface area (Å²) in [6.45, 7) is 1.88. The molecule has 1 aromatic heterocycles. The predicted molar refractivity (Wildman–Crippen MR) is 96.2 cm³/mol. The van der Waals surface area contributed by atoms with Crippen LogP contribution in [-0.4, -0.2) is 15.7 Å². The maximum Gasteiger partial charge on any atom is 0.272 e. The Morgan fingerprint density at radius 2 is 1.96 bits per heavy atom. The lowest BCUT2D eigenvalue weighted by Crippen LogP contribution is -2.28. The third-order valence-electron chi connectivity index (χ3n) is 4.04. The number of carbonyl (C=O) groups excluding carboxylic acids is 1. The lowest BCUT2D eigenvalue weighted by atomic mass is 10.0. The molecule has 7 heteroatoms. The van der Waals surface area contributed by atoms with E-state index in [1.165, 1.54) is 10.7 Å². The molecule has 3 aromatic rings. The second kappa shape index (κ2) is 8.44. The van der Waals surface area contributed by atoms with E-state index in [1.54, 1.807) is 12.3 Å². The first-order valence-corrected chi connectivity index (χ1v) is 8.54. The first-order chi connectivity index (χ1) is 13.1. The molecule has 0 saturated carbocycles. The lowest BCUT2D eigenvalue weighted by Gasteiger charge is -2.16. The van der Waals surface area contributed by atoms with Gasteiger partial charge in [-0.3, -0.25) is 4.79 Å². The minimum atomic E-state index is -0.797. The van der Waals surface area contributed by atoms with Gasteiger partial charge in [0.1, 0.15) is 11.5 Å². The van der Waals surface area contributed by atoms with E-state index in [2.05, 4.69) is 10.4 Å². The van der Waals surface area contributed by atoms with Crippen molar-refractivity contribution in [2.45, 2.75) is 26.1 Å². The number of halogens is 2. The van der Waals surface area contributed by atoms with Gasteiger partial charge in [-0.1, -0.05) is 37.3 Å². The second-order valence-electron chi connectivity index (χ2n) is 5.93. The zero-order chi connectivity index (χ0) is 19.2. The highest BCUT2D eigenvalue weighted by atomic mass is 19.1. The zero-order valence-corrected chi connectivity index (χ0v) is 14.7. The molecule has 0 aliphatic rings. The minimum absolute atomic E-state index is 0.0898.